The molecule has 0 radical (unpaired) electrons. The first-order chi connectivity index (χ1) is 19.5. The van der Waals surface area contributed by atoms with Crippen LogP contribution < -0.4 is 24.3 Å². The molecule has 0 fully saturated rings. The van der Waals surface area contributed by atoms with Crippen molar-refractivity contribution in [3.8, 4) is 34.6 Å². The molecule has 206 valence electrons. The monoisotopic (exact) mass is 543 g/mol. The number of hydrogen-bond acceptors (Lipinski definition) is 10. The highest BCUT2D eigenvalue weighted by Gasteiger charge is 2.20. The second-order valence-electron chi connectivity index (χ2n) is 8.80. The largest absolute Gasteiger partial charge is 0.493 e. The Bertz CT molecular complexity index is 1630. The zero-order chi connectivity index (χ0) is 28.1. The molecule has 0 saturated carbocycles. The molecule has 0 amide bonds. The average molecular weight is 544 g/mol. The van der Waals surface area contributed by atoms with E-state index in [1.54, 1.807) is 46.8 Å². The van der Waals surface area contributed by atoms with Crippen molar-refractivity contribution >= 4 is 17.4 Å². The lowest BCUT2D eigenvalue weighted by molar-refractivity contribution is 0.0983. The normalized spacial score (nSPS) is 10.9. The Labute approximate surface area is 230 Å². The number of carbonyl (C=O) groups is 1. The van der Waals surface area contributed by atoms with Crippen LogP contribution in [0.2, 0.25) is 0 Å². The summed E-state index contributed by atoms with van der Waals surface area (Å²) in [6, 6.07) is 14.8. The van der Waals surface area contributed by atoms with Gasteiger partial charge in [-0.25, -0.2) is 9.97 Å². The summed E-state index contributed by atoms with van der Waals surface area (Å²) in [6.07, 6.45) is 3.83. The highest BCUT2D eigenvalue weighted by atomic mass is 16.5. The lowest BCUT2D eigenvalue weighted by Gasteiger charge is -2.12. The zero-order valence-electron chi connectivity index (χ0n) is 22.6. The van der Waals surface area contributed by atoms with E-state index in [0.29, 0.717) is 64.7 Å². The lowest BCUT2D eigenvalue weighted by atomic mass is 10.0. The van der Waals surface area contributed by atoms with Crippen molar-refractivity contribution in [3.05, 3.63) is 77.7 Å². The van der Waals surface area contributed by atoms with Crippen LogP contribution in [-0.4, -0.2) is 53.8 Å². The number of anilines is 1. The third-order valence-corrected chi connectivity index (χ3v) is 6.39. The van der Waals surface area contributed by atoms with Crippen LogP contribution in [0.4, 0.5) is 5.95 Å². The fourth-order valence-electron chi connectivity index (χ4n) is 4.30. The lowest BCUT2D eigenvalue weighted by Crippen LogP contribution is -2.11. The highest BCUT2D eigenvalue weighted by Crippen LogP contribution is 2.29. The molecule has 11 heteroatoms. The standard InChI is InChI=1S/C29H29N5O6/c1-36-22-11-8-18(14-25(22)38-3)7-10-21(35)20-17-31-29(30-16-19-9-12-23(37-2)26(15-19)39-4)34-28(20)32-27(33-34)24-6-5-13-40-24/h5-6,8-9,11-15,17H,7,10,16H2,1-4H3,(H,30,31). The van der Waals surface area contributed by atoms with E-state index in [1.165, 1.54) is 10.7 Å². The molecule has 0 saturated heterocycles. The third kappa shape index (κ3) is 5.39. The number of hydrogen-bond donors (Lipinski definition) is 1. The molecular formula is C29H29N5O6. The molecule has 2 aromatic carbocycles. The van der Waals surface area contributed by atoms with Crippen LogP contribution in [0.25, 0.3) is 17.2 Å². The van der Waals surface area contributed by atoms with Gasteiger partial charge in [-0.1, -0.05) is 12.1 Å². The maximum absolute atomic E-state index is 13.4. The molecule has 0 aliphatic carbocycles. The van der Waals surface area contributed by atoms with Crippen LogP contribution in [0.1, 0.15) is 27.9 Å². The minimum atomic E-state index is -0.114. The number of fused-ring (bicyclic) bond motifs is 1. The van der Waals surface area contributed by atoms with Gasteiger partial charge in [-0.2, -0.15) is 4.52 Å². The molecular weight excluding hydrogens is 514 g/mol. The number of Topliss-reactive ketones (excluding diaryl/α,β-unsaturated/α-hetero) is 1. The van der Waals surface area contributed by atoms with E-state index in [2.05, 4.69) is 20.4 Å². The predicted molar refractivity (Wildman–Crippen MR) is 148 cm³/mol. The quantitative estimate of drug-likeness (QED) is 0.219. The number of aryl methyl sites for hydroxylation is 1. The van der Waals surface area contributed by atoms with Gasteiger partial charge in [0.2, 0.25) is 11.8 Å². The Morgan fingerprint density at radius 2 is 1.57 bits per heavy atom. The van der Waals surface area contributed by atoms with Gasteiger partial charge in [-0.3, -0.25) is 4.79 Å². The summed E-state index contributed by atoms with van der Waals surface area (Å²) in [5, 5.41) is 7.88. The zero-order valence-corrected chi connectivity index (χ0v) is 22.6. The summed E-state index contributed by atoms with van der Waals surface area (Å²) in [6.45, 7) is 0.422. The number of aromatic nitrogens is 4. The summed E-state index contributed by atoms with van der Waals surface area (Å²) in [5.41, 5.74) is 2.63. The maximum Gasteiger partial charge on any atom is 0.226 e. The van der Waals surface area contributed by atoms with Crippen LogP contribution in [0.15, 0.2) is 65.4 Å². The maximum atomic E-state index is 13.4. The first-order valence-electron chi connectivity index (χ1n) is 12.5. The van der Waals surface area contributed by atoms with Gasteiger partial charge >= 0.3 is 0 Å². The van der Waals surface area contributed by atoms with Crippen molar-refractivity contribution in [1.29, 1.82) is 0 Å². The smallest absolute Gasteiger partial charge is 0.226 e. The third-order valence-electron chi connectivity index (χ3n) is 6.39. The van der Waals surface area contributed by atoms with Crippen molar-refractivity contribution in [2.45, 2.75) is 19.4 Å². The number of methoxy groups -OCH3 is 4. The predicted octanol–water partition coefficient (Wildman–Crippen LogP) is 4.85. The van der Waals surface area contributed by atoms with Gasteiger partial charge in [-0.05, 0) is 53.9 Å². The van der Waals surface area contributed by atoms with Gasteiger partial charge in [0.25, 0.3) is 0 Å². The topological polar surface area (TPSA) is 122 Å². The SMILES string of the molecule is COc1ccc(CCC(=O)c2cnc(NCc3ccc(OC)c(OC)c3)n3nc(-c4ccco4)nc23)cc1OC. The highest BCUT2D eigenvalue weighted by molar-refractivity contribution is 6.01. The first-order valence-corrected chi connectivity index (χ1v) is 12.5. The van der Waals surface area contributed by atoms with Crippen molar-refractivity contribution in [2.75, 3.05) is 33.8 Å². The molecule has 0 bridgehead atoms. The molecule has 0 aliphatic rings. The van der Waals surface area contributed by atoms with Crippen LogP contribution >= 0.6 is 0 Å². The number of nitrogens with zero attached hydrogens (tertiary/aromatic N) is 4. The molecule has 11 nitrogen and oxygen atoms in total. The Kier molecular flexibility index (Phi) is 7.81. The number of ether oxygens (including phenoxy) is 4. The molecule has 0 aliphatic heterocycles. The van der Waals surface area contributed by atoms with E-state index in [-0.39, 0.29) is 12.2 Å². The minimum absolute atomic E-state index is 0.114. The summed E-state index contributed by atoms with van der Waals surface area (Å²) < 4.78 is 28.5. The number of ketones is 1. The Morgan fingerprint density at radius 3 is 2.23 bits per heavy atom. The van der Waals surface area contributed by atoms with Crippen molar-refractivity contribution in [1.82, 2.24) is 19.6 Å². The molecule has 3 aromatic heterocycles. The number of benzene rings is 2. The van der Waals surface area contributed by atoms with E-state index in [9.17, 15) is 4.79 Å². The Morgan fingerprint density at radius 1 is 0.900 bits per heavy atom. The van der Waals surface area contributed by atoms with E-state index in [0.717, 1.165) is 11.1 Å². The van der Waals surface area contributed by atoms with Crippen LogP contribution in [-0.2, 0) is 13.0 Å². The average Bonchev–Trinajstić information content (AvgIpc) is 3.69. The Balaban J connectivity index is 1.42. The molecule has 0 atom stereocenters. The molecule has 1 N–H and O–H groups in total. The number of rotatable bonds is 12. The fraction of sp³-hybridized carbons (Fsp3) is 0.241. The van der Waals surface area contributed by atoms with E-state index in [4.69, 9.17) is 23.4 Å². The second kappa shape index (κ2) is 11.8. The van der Waals surface area contributed by atoms with Gasteiger partial charge in [-0.15, -0.1) is 5.10 Å². The number of furan rings is 1. The molecule has 5 rings (SSSR count). The minimum Gasteiger partial charge on any atom is -0.493 e. The van der Waals surface area contributed by atoms with E-state index < -0.39 is 0 Å². The number of carbonyl (C=O) groups excluding carboxylic acids is 1. The summed E-state index contributed by atoms with van der Waals surface area (Å²) in [5.74, 6) is 3.65. The molecule has 40 heavy (non-hydrogen) atoms. The van der Waals surface area contributed by atoms with Crippen molar-refractivity contribution < 1.29 is 28.2 Å². The van der Waals surface area contributed by atoms with Gasteiger partial charge in [0.15, 0.2) is 40.2 Å². The number of nitrogens with one attached hydrogen (secondary N) is 1. The van der Waals surface area contributed by atoms with E-state index >= 15 is 0 Å². The Hall–Kier alpha value is -5.06. The van der Waals surface area contributed by atoms with Gasteiger partial charge in [0.1, 0.15) is 0 Å². The van der Waals surface area contributed by atoms with E-state index in [1.807, 2.05) is 36.4 Å². The first kappa shape index (κ1) is 26.5. The molecule has 3 heterocycles. The van der Waals surface area contributed by atoms with Crippen LogP contribution in [0, 0.1) is 0 Å². The van der Waals surface area contributed by atoms with Gasteiger partial charge < -0.3 is 28.7 Å². The fourth-order valence-corrected chi connectivity index (χ4v) is 4.30. The summed E-state index contributed by atoms with van der Waals surface area (Å²) >= 11 is 0. The van der Waals surface area contributed by atoms with Gasteiger partial charge in [0, 0.05) is 19.2 Å². The van der Waals surface area contributed by atoms with Crippen molar-refractivity contribution in [3.63, 3.8) is 0 Å². The van der Waals surface area contributed by atoms with Gasteiger partial charge in [0.05, 0.1) is 40.3 Å². The second-order valence-corrected chi connectivity index (χ2v) is 8.80. The summed E-state index contributed by atoms with van der Waals surface area (Å²) in [4.78, 5) is 22.5. The molecule has 0 spiro atoms. The molecule has 5 aromatic rings. The van der Waals surface area contributed by atoms with Crippen LogP contribution in [0.5, 0.6) is 23.0 Å². The summed E-state index contributed by atoms with van der Waals surface area (Å²) in [7, 11) is 6.35. The molecule has 0 unspecified atom stereocenters. The van der Waals surface area contributed by atoms with Crippen LogP contribution in [0.3, 0.4) is 0 Å². The van der Waals surface area contributed by atoms with Crippen molar-refractivity contribution in [2.24, 2.45) is 0 Å².